The third-order valence-electron chi connectivity index (χ3n) is 2.57. The van der Waals surface area contributed by atoms with Gasteiger partial charge in [0.2, 0.25) is 0 Å². The summed E-state index contributed by atoms with van der Waals surface area (Å²) < 4.78 is 0. The first-order valence-electron chi connectivity index (χ1n) is 4.23. The van der Waals surface area contributed by atoms with Gasteiger partial charge in [0.15, 0.2) is 0 Å². The van der Waals surface area contributed by atoms with Gasteiger partial charge in [0, 0.05) is 6.04 Å². The van der Waals surface area contributed by atoms with Gasteiger partial charge in [-0.15, -0.1) is 0 Å². The predicted molar refractivity (Wildman–Crippen MR) is 44.1 cm³/mol. The van der Waals surface area contributed by atoms with Gasteiger partial charge in [-0.3, -0.25) is 9.59 Å². The summed E-state index contributed by atoms with van der Waals surface area (Å²) in [5.41, 5.74) is 5.56. The average molecular weight is 187 g/mol. The van der Waals surface area contributed by atoms with E-state index in [4.69, 9.17) is 15.9 Å². The summed E-state index contributed by atoms with van der Waals surface area (Å²) in [7, 11) is 0. The second-order valence-corrected chi connectivity index (χ2v) is 3.46. The number of carboxylic acids is 2. The van der Waals surface area contributed by atoms with Crippen LogP contribution in [0.1, 0.15) is 19.3 Å². The molecule has 5 nitrogen and oxygen atoms in total. The van der Waals surface area contributed by atoms with Crippen LogP contribution in [0.3, 0.4) is 0 Å². The molecule has 1 rings (SSSR count). The van der Waals surface area contributed by atoms with E-state index in [1.54, 1.807) is 0 Å². The van der Waals surface area contributed by atoms with Crippen LogP contribution in [0.5, 0.6) is 0 Å². The number of rotatable bonds is 2. The molecule has 1 saturated carbocycles. The van der Waals surface area contributed by atoms with Crippen LogP contribution in [-0.4, -0.2) is 28.2 Å². The van der Waals surface area contributed by atoms with Gasteiger partial charge in [0.25, 0.3) is 0 Å². The number of hydrogen-bond acceptors (Lipinski definition) is 3. The summed E-state index contributed by atoms with van der Waals surface area (Å²) >= 11 is 0. The molecule has 0 saturated heterocycles. The molecule has 1 aliphatic rings. The van der Waals surface area contributed by atoms with Crippen molar-refractivity contribution in [3.05, 3.63) is 0 Å². The zero-order valence-electron chi connectivity index (χ0n) is 7.14. The molecule has 0 aromatic rings. The molecular weight excluding hydrogens is 174 g/mol. The van der Waals surface area contributed by atoms with Crippen LogP contribution in [0, 0.1) is 11.8 Å². The van der Waals surface area contributed by atoms with E-state index in [1.807, 2.05) is 0 Å². The van der Waals surface area contributed by atoms with Crippen molar-refractivity contribution in [1.29, 1.82) is 0 Å². The molecule has 13 heavy (non-hydrogen) atoms. The van der Waals surface area contributed by atoms with E-state index >= 15 is 0 Å². The molecule has 5 heteroatoms. The molecular formula is C8H13NO4. The molecule has 1 aliphatic carbocycles. The van der Waals surface area contributed by atoms with Crippen molar-refractivity contribution in [2.45, 2.75) is 25.3 Å². The lowest BCUT2D eigenvalue weighted by molar-refractivity contribution is -0.149. The molecule has 0 spiro atoms. The summed E-state index contributed by atoms with van der Waals surface area (Å²) in [4.78, 5) is 21.2. The maximum atomic E-state index is 10.6. The first-order valence-corrected chi connectivity index (χ1v) is 4.23. The first-order chi connectivity index (χ1) is 6.02. The lowest BCUT2D eigenvalue weighted by Gasteiger charge is -2.29. The van der Waals surface area contributed by atoms with Gasteiger partial charge in [-0.2, -0.15) is 0 Å². The summed E-state index contributed by atoms with van der Waals surface area (Å²) in [5.74, 6) is -2.84. The maximum Gasteiger partial charge on any atom is 0.308 e. The molecule has 74 valence electrons. The van der Waals surface area contributed by atoms with E-state index < -0.39 is 29.8 Å². The van der Waals surface area contributed by atoms with Gasteiger partial charge in [-0.25, -0.2) is 0 Å². The Morgan fingerprint density at radius 2 is 1.77 bits per heavy atom. The van der Waals surface area contributed by atoms with Gasteiger partial charge >= 0.3 is 11.9 Å². The molecule has 0 aliphatic heterocycles. The molecule has 4 N–H and O–H groups in total. The lowest BCUT2D eigenvalue weighted by Crippen LogP contribution is -2.42. The Kier molecular flexibility index (Phi) is 2.87. The predicted octanol–water partition coefficient (Wildman–Crippen LogP) is -0.101. The highest BCUT2D eigenvalue weighted by Gasteiger charge is 2.35. The molecule has 0 bridgehead atoms. The van der Waals surface area contributed by atoms with Crippen LogP contribution in [0.15, 0.2) is 0 Å². The van der Waals surface area contributed by atoms with Crippen molar-refractivity contribution in [3.63, 3.8) is 0 Å². The van der Waals surface area contributed by atoms with Gasteiger partial charge in [-0.1, -0.05) is 0 Å². The number of hydrogen-bond donors (Lipinski definition) is 3. The summed E-state index contributed by atoms with van der Waals surface area (Å²) in [6.45, 7) is 0. The van der Waals surface area contributed by atoms with Crippen LogP contribution < -0.4 is 5.73 Å². The Labute approximate surface area is 75.5 Å². The SMILES string of the molecule is NC1CC(C(=O)O)CCC1C(=O)O. The minimum absolute atomic E-state index is 0.270. The van der Waals surface area contributed by atoms with E-state index in [2.05, 4.69) is 0 Å². The highest BCUT2D eigenvalue weighted by Crippen LogP contribution is 2.28. The molecule has 0 heterocycles. The first kappa shape index (κ1) is 9.98. The molecule has 3 unspecified atom stereocenters. The summed E-state index contributed by atoms with van der Waals surface area (Å²) in [6.07, 6.45) is 1.06. The third kappa shape index (κ3) is 2.18. The second-order valence-electron chi connectivity index (χ2n) is 3.46. The molecule has 0 aromatic heterocycles. The minimum Gasteiger partial charge on any atom is -0.481 e. The number of nitrogens with two attached hydrogens (primary N) is 1. The highest BCUT2D eigenvalue weighted by atomic mass is 16.4. The van der Waals surface area contributed by atoms with Crippen LogP contribution >= 0.6 is 0 Å². The highest BCUT2D eigenvalue weighted by molar-refractivity contribution is 5.73. The molecule has 3 atom stereocenters. The van der Waals surface area contributed by atoms with Crippen molar-refractivity contribution >= 4 is 11.9 Å². The van der Waals surface area contributed by atoms with Crippen LogP contribution in [-0.2, 0) is 9.59 Å². The largest absolute Gasteiger partial charge is 0.481 e. The Morgan fingerprint density at radius 3 is 2.15 bits per heavy atom. The Bertz CT molecular complexity index is 228. The fourth-order valence-electron chi connectivity index (χ4n) is 1.74. The van der Waals surface area contributed by atoms with Crippen LogP contribution in [0.4, 0.5) is 0 Å². The van der Waals surface area contributed by atoms with E-state index in [9.17, 15) is 9.59 Å². The zero-order chi connectivity index (χ0) is 10.0. The van der Waals surface area contributed by atoms with Crippen LogP contribution in [0.25, 0.3) is 0 Å². The minimum atomic E-state index is -0.920. The Morgan fingerprint density at radius 1 is 1.15 bits per heavy atom. The van der Waals surface area contributed by atoms with Gasteiger partial charge in [0.1, 0.15) is 0 Å². The van der Waals surface area contributed by atoms with Crippen molar-refractivity contribution in [2.24, 2.45) is 17.6 Å². The topological polar surface area (TPSA) is 101 Å². The molecule has 0 radical (unpaired) electrons. The van der Waals surface area contributed by atoms with E-state index in [1.165, 1.54) is 0 Å². The Hall–Kier alpha value is -1.10. The molecule has 0 aromatic carbocycles. The quantitative estimate of drug-likeness (QED) is 0.560. The van der Waals surface area contributed by atoms with Gasteiger partial charge in [0.05, 0.1) is 11.8 Å². The molecule has 1 fully saturated rings. The fraction of sp³-hybridized carbons (Fsp3) is 0.750. The van der Waals surface area contributed by atoms with Crippen LogP contribution in [0.2, 0.25) is 0 Å². The standard InChI is InChI=1S/C8H13NO4/c9-6-3-4(7(10)11)1-2-5(6)8(12)13/h4-6H,1-3,9H2,(H,10,11)(H,12,13). The van der Waals surface area contributed by atoms with Crippen molar-refractivity contribution < 1.29 is 19.8 Å². The molecule has 0 amide bonds. The van der Waals surface area contributed by atoms with Gasteiger partial charge in [-0.05, 0) is 19.3 Å². The Balaban J connectivity index is 2.56. The van der Waals surface area contributed by atoms with Gasteiger partial charge < -0.3 is 15.9 Å². The average Bonchev–Trinajstić information content (AvgIpc) is 2.03. The van der Waals surface area contributed by atoms with Crippen molar-refractivity contribution in [1.82, 2.24) is 0 Å². The smallest absolute Gasteiger partial charge is 0.308 e. The van der Waals surface area contributed by atoms with E-state index in [0.717, 1.165) is 0 Å². The number of carbonyl (C=O) groups is 2. The monoisotopic (exact) mass is 187 g/mol. The second kappa shape index (κ2) is 3.74. The number of aliphatic carboxylic acids is 2. The van der Waals surface area contributed by atoms with E-state index in [-0.39, 0.29) is 6.42 Å². The maximum absolute atomic E-state index is 10.6. The normalized spacial score (nSPS) is 34.1. The third-order valence-corrected chi connectivity index (χ3v) is 2.57. The van der Waals surface area contributed by atoms with Crippen molar-refractivity contribution in [2.75, 3.05) is 0 Å². The summed E-state index contributed by atoms with van der Waals surface area (Å²) in [5, 5.41) is 17.4. The lowest BCUT2D eigenvalue weighted by atomic mass is 9.79. The zero-order valence-corrected chi connectivity index (χ0v) is 7.14. The van der Waals surface area contributed by atoms with Crippen molar-refractivity contribution in [3.8, 4) is 0 Å². The number of carboxylic acid groups (broad SMARTS) is 2. The fourth-order valence-corrected chi connectivity index (χ4v) is 1.74. The summed E-state index contributed by atoms with van der Waals surface area (Å²) in [6, 6.07) is -0.521. The van der Waals surface area contributed by atoms with E-state index in [0.29, 0.717) is 12.8 Å².